The van der Waals surface area contributed by atoms with Gasteiger partial charge in [-0.15, -0.1) is 0 Å². The smallest absolute Gasteiger partial charge is 0.432 e. The van der Waals surface area contributed by atoms with Crippen molar-refractivity contribution in [3.8, 4) is 17.3 Å². The number of H-pyrrole nitrogens is 1. The van der Waals surface area contributed by atoms with Crippen molar-refractivity contribution in [3.63, 3.8) is 0 Å². The van der Waals surface area contributed by atoms with E-state index in [1.54, 1.807) is 19.3 Å². The fourth-order valence-corrected chi connectivity index (χ4v) is 3.78. The number of aryl methyl sites for hydroxylation is 1. The van der Waals surface area contributed by atoms with Crippen molar-refractivity contribution in [2.75, 3.05) is 14.2 Å². The van der Waals surface area contributed by atoms with Gasteiger partial charge in [-0.05, 0) is 37.0 Å². The molecule has 4 rings (SSSR count). The van der Waals surface area contributed by atoms with Gasteiger partial charge in [0.05, 0.1) is 24.6 Å². The second-order valence-corrected chi connectivity index (χ2v) is 8.45. The third-order valence-electron chi connectivity index (χ3n) is 5.90. The molecule has 37 heavy (non-hydrogen) atoms. The van der Waals surface area contributed by atoms with Crippen molar-refractivity contribution in [1.29, 1.82) is 0 Å². The number of aliphatic imine (C=N–C) groups is 1. The Hall–Kier alpha value is -3.96. The topological polar surface area (TPSA) is 111 Å². The Labute approximate surface area is 210 Å². The summed E-state index contributed by atoms with van der Waals surface area (Å²) in [5, 5.41) is 0. The van der Waals surface area contributed by atoms with Crippen molar-refractivity contribution in [1.82, 2.24) is 19.9 Å². The van der Waals surface area contributed by atoms with Crippen molar-refractivity contribution in [2.45, 2.75) is 39.0 Å². The summed E-state index contributed by atoms with van der Waals surface area (Å²) in [4.78, 5) is 19.2. The third-order valence-corrected chi connectivity index (χ3v) is 5.90. The molecule has 3 aromatic rings. The Morgan fingerprint density at radius 3 is 2.54 bits per heavy atom. The highest BCUT2D eigenvalue weighted by atomic mass is 19.4. The number of nitrogens with zero attached hydrogens (tertiary/aromatic N) is 4. The molecule has 8 nitrogen and oxygen atoms in total. The summed E-state index contributed by atoms with van der Waals surface area (Å²) < 4.78 is 64.5. The number of nitrogens with one attached hydrogen (secondary N) is 1. The Balaban J connectivity index is 1.58. The van der Waals surface area contributed by atoms with E-state index >= 15 is 0 Å². The number of aromatic nitrogens is 4. The van der Waals surface area contributed by atoms with Gasteiger partial charge in [0, 0.05) is 24.7 Å². The Bertz CT molecular complexity index is 1350. The fraction of sp³-hybridized carbons (Fsp3) is 0.360. The second kappa shape index (κ2) is 10.6. The van der Waals surface area contributed by atoms with Crippen LogP contribution in [0.2, 0.25) is 0 Å². The standard InChI is InChI=1S/C25H26F4N6O2/c1-4-14-10-32-23(19(21(30)36-3)20(31-2)15-6-7-15)35-24(14)37-12-13-5-8-16(17(26)9-13)22-33-11-18(34-22)25(27,28)29/h5,8-11,15H,4,6-7,12,30H2,1-3H3,(H,33,34). The summed E-state index contributed by atoms with van der Waals surface area (Å²) in [5.74, 6) is 0.0476. The lowest BCUT2D eigenvalue weighted by Gasteiger charge is -2.15. The Morgan fingerprint density at radius 2 is 1.97 bits per heavy atom. The maximum absolute atomic E-state index is 14.8. The van der Waals surface area contributed by atoms with Crippen LogP contribution in [0.3, 0.4) is 0 Å². The van der Waals surface area contributed by atoms with E-state index in [1.807, 2.05) is 6.92 Å². The molecular formula is C25H26F4N6O2. The number of benzene rings is 1. The molecule has 1 aliphatic carbocycles. The molecule has 0 saturated heterocycles. The van der Waals surface area contributed by atoms with E-state index < -0.39 is 17.7 Å². The van der Waals surface area contributed by atoms with Crippen LogP contribution in [0.5, 0.6) is 5.88 Å². The van der Waals surface area contributed by atoms with Crippen LogP contribution in [0.4, 0.5) is 17.6 Å². The van der Waals surface area contributed by atoms with E-state index in [4.69, 9.17) is 15.2 Å². The van der Waals surface area contributed by atoms with Crippen molar-refractivity contribution in [2.24, 2.45) is 16.6 Å². The average molecular weight is 519 g/mol. The Morgan fingerprint density at radius 1 is 1.22 bits per heavy atom. The van der Waals surface area contributed by atoms with Gasteiger partial charge in [-0.1, -0.05) is 13.0 Å². The molecule has 2 heterocycles. The molecule has 0 aliphatic heterocycles. The molecular weight excluding hydrogens is 492 g/mol. The van der Waals surface area contributed by atoms with E-state index in [-0.39, 0.29) is 29.8 Å². The molecule has 0 bridgehead atoms. The largest absolute Gasteiger partial charge is 0.482 e. The lowest BCUT2D eigenvalue weighted by Crippen LogP contribution is -2.16. The highest BCUT2D eigenvalue weighted by molar-refractivity contribution is 6.25. The summed E-state index contributed by atoms with van der Waals surface area (Å²) in [6.45, 7) is 1.88. The Kier molecular flexibility index (Phi) is 7.46. The van der Waals surface area contributed by atoms with Crippen LogP contribution in [0, 0.1) is 11.7 Å². The number of halogens is 4. The number of ether oxygens (including phenoxy) is 2. The zero-order chi connectivity index (χ0) is 26.7. The minimum absolute atomic E-state index is 0.0389. The lowest BCUT2D eigenvalue weighted by atomic mass is 10.1. The minimum atomic E-state index is -4.60. The summed E-state index contributed by atoms with van der Waals surface area (Å²) in [5.41, 5.74) is 7.43. The minimum Gasteiger partial charge on any atom is -0.482 e. The van der Waals surface area contributed by atoms with E-state index in [1.165, 1.54) is 19.2 Å². The van der Waals surface area contributed by atoms with Crippen LogP contribution in [0.1, 0.15) is 42.4 Å². The van der Waals surface area contributed by atoms with Gasteiger partial charge in [0.2, 0.25) is 5.88 Å². The maximum atomic E-state index is 14.8. The number of hydrogen-bond acceptors (Lipinski definition) is 7. The highest BCUT2D eigenvalue weighted by Crippen LogP contribution is 2.37. The van der Waals surface area contributed by atoms with Crippen molar-refractivity contribution >= 4 is 11.3 Å². The summed E-state index contributed by atoms with van der Waals surface area (Å²) in [6, 6.07) is 4.08. The number of alkyl halides is 3. The zero-order valence-corrected chi connectivity index (χ0v) is 20.5. The molecule has 0 unspecified atom stereocenters. The van der Waals surface area contributed by atoms with Gasteiger partial charge in [0.1, 0.15) is 29.5 Å². The first kappa shape index (κ1) is 26.1. The molecule has 196 valence electrons. The number of rotatable bonds is 9. The number of nitrogens with two attached hydrogens (primary N) is 1. The van der Waals surface area contributed by atoms with Gasteiger partial charge >= 0.3 is 6.18 Å². The summed E-state index contributed by atoms with van der Waals surface area (Å²) in [6.07, 6.45) is 0.218. The molecule has 1 saturated carbocycles. The van der Waals surface area contributed by atoms with Gasteiger partial charge in [0.15, 0.2) is 11.7 Å². The van der Waals surface area contributed by atoms with Gasteiger partial charge in [-0.3, -0.25) is 4.99 Å². The van der Waals surface area contributed by atoms with Gasteiger partial charge in [0.25, 0.3) is 0 Å². The van der Waals surface area contributed by atoms with Crippen LogP contribution in [-0.4, -0.2) is 39.8 Å². The predicted octanol–water partition coefficient (Wildman–Crippen LogP) is 4.92. The van der Waals surface area contributed by atoms with Crippen LogP contribution in [-0.2, 0) is 23.9 Å². The monoisotopic (exact) mass is 518 g/mol. The van der Waals surface area contributed by atoms with Crippen LogP contribution in [0.25, 0.3) is 17.0 Å². The molecule has 0 atom stereocenters. The molecule has 1 aliphatic rings. The normalized spacial score (nSPS) is 14.9. The second-order valence-electron chi connectivity index (χ2n) is 8.45. The predicted molar refractivity (Wildman–Crippen MR) is 129 cm³/mol. The number of aromatic amines is 1. The van der Waals surface area contributed by atoms with Crippen LogP contribution in [0.15, 0.2) is 41.5 Å². The van der Waals surface area contributed by atoms with Crippen LogP contribution >= 0.6 is 0 Å². The molecule has 1 fully saturated rings. The first-order valence-corrected chi connectivity index (χ1v) is 11.6. The number of allylic oxidation sites excluding steroid dienone is 1. The SMILES string of the molecule is CCc1cnc(C(C(=NC)C2CC2)=C(N)OC)nc1OCc1ccc(-c2ncc(C(F)(F)F)[nH]2)c(F)c1. The average Bonchev–Trinajstić information content (AvgIpc) is 3.59. The number of methoxy groups -OCH3 is 1. The van der Waals surface area contributed by atoms with Gasteiger partial charge < -0.3 is 20.2 Å². The van der Waals surface area contributed by atoms with Crippen molar-refractivity contribution in [3.05, 3.63) is 64.9 Å². The molecule has 0 amide bonds. The van der Waals surface area contributed by atoms with E-state index in [9.17, 15) is 17.6 Å². The molecule has 12 heteroatoms. The van der Waals surface area contributed by atoms with Gasteiger partial charge in [-0.2, -0.15) is 18.2 Å². The summed E-state index contributed by atoms with van der Waals surface area (Å²) >= 11 is 0. The van der Waals surface area contributed by atoms with E-state index in [0.29, 0.717) is 35.5 Å². The molecule has 0 spiro atoms. The molecule has 2 aromatic heterocycles. The molecule has 1 aromatic carbocycles. The van der Waals surface area contributed by atoms with Gasteiger partial charge in [-0.25, -0.2) is 14.4 Å². The quantitative estimate of drug-likeness (QED) is 0.236. The van der Waals surface area contributed by atoms with Crippen molar-refractivity contribution < 1.29 is 27.0 Å². The molecule has 0 radical (unpaired) electrons. The highest BCUT2D eigenvalue weighted by Gasteiger charge is 2.34. The number of imidazole rings is 1. The number of hydrogen-bond donors (Lipinski definition) is 2. The first-order chi connectivity index (χ1) is 17.7. The summed E-state index contributed by atoms with van der Waals surface area (Å²) in [7, 11) is 3.14. The third kappa shape index (κ3) is 5.73. The zero-order valence-electron chi connectivity index (χ0n) is 20.5. The first-order valence-electron chi connectivity index (χ1n) is 11.6. The van der Waals surface area contributed by atoms with E-state index in [2.05, 4.69) is 24.9 Å². The van der Waals surface area contributed by atoms with E-state index in [0.717, 1.165) is 24.1 Å². The van der Waals surface area contributed by atoms with Crippen LogP contribution < -0.4 is 10.5 Å². The maximum Gasteiger partial charge on any atom is 0.432 e. The fourth-order valence-electron chi connectivity index (χ4n) is 3.78. The molecule has 3 N–H and O–H groups in total. The lowest BCUT2D eigenvalue weighted by molar-refractivity contribution is -0.140.